The smallest absolute Gasteiger partial charge is 0.267 e. The summed E-state index contributed by atoms with van der Waals surface area (Å²) in [5.41, 5.74) is 2.48. The van der Waals surface area contributed by atoms with Crippen LogP contribution in [0.3, 0.4) is 0 Å². The molecular formula is C17H14Cl2N2O. The van der Waals surface area contributed by atoms with Gasteiger partial charge in [-0.2, -0.15) is 0 Å². The van der Waals surface area contributed by atoms with Gasteiger partial charge in [0.05, 0.1) is 0 Å². The summed E-state index contributed by atoms with van der Waals surface area (Å²) in [5, 5.41) is 5.20. The first-order chi connectivity index (χ1) is 10.6. The molecule has 0 radical (unpaired) electrons. The third-order valence-corrected chi connectivity index (χ3v) is 3.89. The van der Waals surface area contributed by atoms with Gasteiger partial charge in [0.1, 0.15) is 5.69 Å². The lowest BCUT2D eigenvalue weighted by Gasteiger charge is -2.04. The van der Waals surface area contributed by atoms with Crippen molar-refractivity contribution >= 4 is 40.0 Å². The summed E-state index contributed by atoms with van der Waals surface area (Å²) in [7, 11) is 0. The molecule has 0 fully saturated rings. The Bertz CT molecular complexity index is 826. The van der Waals surface area contributed by atoms with E-state index in [9.17, 15) is 4.79 Å². The van der Waals surface area contributed by atoms with Gasteiger partial charge in [0.25, 0.3) is 5.91 Å². The second-order valence-corrected chi connectivity index (χ2v) is 5.92. The molecule has 2 N–H and O–H groups in total. The lowest BCUT2D eigenvalue weighted by molar-refractivity contribution is 0.0950. The van der Waals surface area contributed by atoms with Gasteiger partial charge in [0.15, 0.2) is 0 Å². The predicted octanol–water partition coefficient (Wildman–Crippen LogP) is 4.45. The van der Waals surface area contributed by atoms with Crippen LogP contribution in [0.15, 0.2) is 48.5 Å². The number of hydrogen-bond acceptors (Lipinski definition) is 1. The molecule has 3 nitrogen and oxygen atoms in total. The molecule has 22 heavy (non-hydrogen) atoms. The summed E-state index contributed by atoms with van der Waals surface area (Å²) < 4.78 is 0. The lowest BCUT2D eigenvalue weighted by Crippen LogP contribution is -2.25. The molecule has 5 heteroatoms. The number of aromatic amines is 1. The first-order valence-corrected chi connectivity index (χ1v) is 7.68. The zero-order valence-corrected chi connectivity index (χ0v) is 13.2. The summed E-state index contributed by atoms with van der Waals surface area (Å²) in [6.45, 7) is 0.551. The van der Waals surface area contributed by atoms with Crippen LogP contribution < -0.4 is 5.32 Å². The Morgan fingerprint density at radius 3 is 2.68 bits per heavy atom. The molecule has 1 aromatic heterocycles. The molecule has 0 atom stereocenters. The summed E-state index contributed by atoms with van der Waals surface area (Å²) >= 11 is 11.9. The zero-order valence-electron chi connectivity index (χ0n) is 11.7. The fraction of sp³-hybridized carbons (Fsp3) is 0.118. The van der Waals surface area contributed by atoms with E-state index in [2.05, 4.69) is 10.3 Å². The highest BCUT2D eigenvalue weighted by Gasteiger charge is 2.09. The average Bonchev–Trinajstić information content (AvgIpc) is 2.90. The summed E-state index contributed by atoms with van der Waals surface area (Å²) in [4.78, 5) is 15.2. The van der Waals surface area contributed by atoms with Crippen molar-refractivity contribution in [2.24, 2.45) is 0 Å². The van der Waals surface area contributed by atoms with E-state index >= 15 is 0 Å². The van der Waals surface area contributed by atoms with E-state index in [-0.39, 0.29) is 5.91 Å². The van der Waals surface area contributed by atoms with Crippen LogP contribution in [0, 0.1) is 0 Å². The highest BCUT2D eigenvalue weighted by atomic mass is 35.5. The second-order valence-electron chi connectivity index (χ2n) is 5.05. The Morgan fingerprint density at radius 2 is 1.86 bits per heavy atom. The van der Waals surface area contributed by atoms with Gasteiger partial charge in [-0.1, -0.05) is 41.4 Å². The van der Waals surface area contributed by atoms with Gasteiger partial charge in [-0.25, -0.2) is 0 Å². The molecule has 2 aromatic carbocycles. The number of hydrogen-bond donors (Lipinski definition) is 2. The van der Waals surface area contributed by atoms with E-state index in [1.165, 1.54) is 0 Å². The van der Waals surface area contributed by atoms with Crippen molar-refractivity contribution in [3.63, 3.8) is 0 Å². The van der Waals surface area contributed by atoms with Gasteiger partial charge in [0, 0.05) is 27.5 Å². The minimum absolute atomic E-state index is 0.130. The molecule has 1 amide bonds. The van der Waals surface area contributed by atoms with E-state index in [4.69, 9.17) is 23.2 Å². The fourth-order valence-electron chi connectivity index (χ4n) is 2.33. The third kappa shape index (κ3) is 3.43. The first-order valence-electron chi connectivity index (χ1n) is 6.93. The van der Waals surface area contributed by atoms with Crippen LogP contribution in [0.25, 0.3) is 10.9 Å². The SMILES string of the molecule is O=C(NCCc1cccc(Cl)c1)c1cc2ccc(Cl)cc2[nH]1. The lowest BCUT2D eigenvalue weighted by atomic mass is 10.1. The van der Waals surface area contributed by atoms with Crippen LogP contribution in [0.5, 0.6) is 0 Å². The predicted molar refractivity (Wildman–Crippen MR) is 90.8 cm³/mol. The largest absolute Gasteiger partial charge is 0.350 e. The van der Waals surface area contributed by atoms with Gasteiger partial charge in [-0.05, 0) is 42.3 Å². The minimum Gasteiger partial charge on any atom is -0.350 e. The van der Waals surface area contributed by atoms with Crippen LogP contribution in [0.4, 0.5) is 0 Å². The molecular weight excluding hydrogens is 319 g/mol. The van der Waals surface area contributed by atoms with Gasteiger partial charge in [-0.15, -0.1) is 0 Å². The quantitative estimate of drug-likeness (QED) is 0.728. The number of fused-ring (bicyclic) bond motifs is 1. The number of carbonyl (C=O) groups is 1. The number of H-pyrrole nitrogens is 1. The Hall–Kier alpha value is -1.97. The van der Waals surface area contributed by atoms with Crippen molar-refractivity contribution in [2.75, 3.05) is 6.54 Å². The number of halogens is 2. The van der Waals surface area contributed by atoms with E-state index in [1.807, 2.05) is 36.4 Å². The molecule has 0 bridgehead atoms. The number of aromatic nitrogens is 1. The Morgan fingerprint density at radius 1 is 1.05 bits per heavy atom. The average molecular weight is 333 g/mol. The molecule has 0 aliphatic rings. The van der Waals surface area contributed by atoms with Crippen molar-refractivity contribution in [3.8, 4) is 0 Å². The second kappa shape index (κ2) is 6.42. The number of benzene rings is 2. The van der Waals surface area contributed by atoms with E-state index in [0.717, 1.165) is 22.9 Å². The summed E-state index contributed by atoms with van der Waals surface area (Å²) in [5.74, 6) is -0.130. The molecule has 0 spiro atoms. The van der Waals surface area contributed by atoms with Gasteiger partial charge in [-0.3, -0.25) is 4.79 Å². The van der Waals surface area contributed by atoms with E-state index in [1.54, 1.807) is 12.1 Å². The maximum Gasteiger partial charge on any atom is 0.267 e. The molecule has 0 saturated heterocycles. The van der Waals surface area contributed by atoms with Crippen LogP contribution in [0.1, 0.15) is 16.1 Å². The number of carbonyl (C=O) groups excluding carboxylic acids is 1. The van der Waals surface area contributed by atoms with E-state index in [0.29, 0.717) is 22.3 Å². The van der Waals surface area contributed by atoms with Gasteiger partial charge < -0.3 is 10.3 Å². The topological polar surface area (TPSA) is 44.9 Å². The normalized spacial score (nSPS) is 10.8. The standard InChI is InChI=1S/C17H14Cl2N2O/c18-13-3-1-2-11(8-13)6-7-20-17(22)16-9-12-4-5-14(19)10-15(12)21-16/h1-5,8-10,21H,6-7H2,(H,20,22). The Kier molecular flexibility index (Phi) is 4.36. The fourth-order valence-corrected chi connectivity index (χ4v) is 2.71. The van der Waals surface area contributed by atoms with Crippen molar-refractivity contribution in [1.29, 1.82) is 0 Å². The zero-order chi connectivity index (χ0) is 15.5. The summed E-state index contributed by atoms with van der Waals surface area (Å²) in [6.07, 6.45) is 0.734. The Labute approximate surface area is 138 Å². The van der Waals surface area contributed by atoms with Crippen molar-refractivity contribution in [2.45, 2.75) is 6.42 Å². The maximum absolute atomic E-state index is 12.2. The van der Waals surface area contributed by atoms with Crippen molar-refractivity contribution in [3.05, 3.63) is 69.8 Å². The molecule has 0 saturated carbocycles. The van der Waals surface area contributed by atoms with Crippen molar-refractivity contribution in [1.82, 2.24) is 10.3 Å². The molecule has 3 rings (SSSR count). The number of amides is 1. The first kappa shape index (κ1) is 14.9. The number of rotatable bonds is 4. The maximum atomic E-state index is 12.2. The molecule has 0 unspecified atom stereocenters. The van der Waals surface area contributed by atoms with Gasteiger partial charge >= 0.3 is 0 Å². The van der Waals surface area contributed by atoms with Crippen LogP contribution in [0.2, 0.25) is 10.0 Å². The Balaban J connectivity index is 1.63. The minimum atomic E-state index is -0.130. The summed E-state index contributed by atoms with van der Waals surface area (Å²) in [6, 6.07) is 14.9. The molecule has 1 heterocycles. The van der Waals surface area contributed by atoms with Gasteiger partial charge in [0.2, 0.25) is 0 Å². The van der Waals surface area contributed by atoms with Crippen LogP contribution in [-0.2, 0) is 6.42 Å². The van der Waals surface area contributed by atoms with Crippen LogP contribution >= 0.6 is 23.2 Å². The van der Waals surface area contributed by atoms with E-state index < -0.39 is 0 Å². The molecule has 112 valence electrons. The molecule has 0 aliphatic carbocycles. The molecule has 3 aromatic rings. The van der Waals surface area contributed by atoms with Crippen molar-refractivity contribution < 1.29 is 4.79 Å². The molecule has 0 aliphatic heterocycles. The highest BCUT2D eigenvalue weighted by Crippen LogP contribution is 2.19. The third-order valence-electron chi connectivity index (χ3n) is 3.42. The monoisotopic (exact) mass is 332 g/mol. The van der Waals surface area contributed by atoms with Crippen LogP contribution in [-0.4, -0.2) is 17.4 Å². The number of nitrogens with one attached hydrogen (secondary N) is 2. The highest BCUT2D eigenvalue weighted by molar-refractivity contribution is 6.31.